The van der Waals surface area contributed by atoms with E-state index >= 15 is 0 Å². The van der Waals surface area contributed by atoms with Crippen molar-refractivity contribution in [2.75, 3.05) is 5.75 Å². The number of fused-ring (bicyclic) bond motifs is 1. The predicted molar refractivity (Wildman–Crippen MR) is 112 cm³/mol. The van der Waals surface area contributed by atoms with Crippen molar-refractivity contribution in [2.24, 2.45) is 0 Å². The molecule has 1 fully saturated rings. The number of aromatic nitrogens is 3. The molecule has 1 unspecified atom stereocenters. The van der Waals surface area contributed by atoms with Crippen LogP contribution in [-0.4, -0.2) is 43.3 Å². The van der Waals surface area contributed by atoms with Crippen LogP contribution in [0.1, 0.15) is 34.4 Å². The van der Waals surface area contributed by atoms with E-state index in [1.807, 2.05) is 24.3 Å². The number of pyridine rings is 1. The van der Waals surface area contributed by atoms with Crippen molar-refractivity contribution in [3.05, 3.63) is 58.5 Å². The number of imidazole rings is 1. The first-order valence-corrected chi connectivity index (χ1v) is 10.7. The van der Waals surface area contributed by atoms with Crippen molar-refractivity contribution in [2.45, 2.75) is 18.2 Å². The molecule has 0 spiro atoms. The summed E-state index contributed by atoms with van der Waals surface area (Å²) >= 11 is 4.83. The summed E-state index contributed by atoms with van der Waals surface area (Å²) in [4.78, 5) is 48.1. The highest BCUT2D eigenvalue weighted by atomic mass is 79.9. The molecular formula is C19H16BrN5O3S. The van der Waals surface area contributed by atoms with Crippen LogP contribution in [0, 0.1) is 0 Å². The number of Topliss-reactive ketones (excluding diaryl/α,β-unsaturated/α-hetero) is 1. The summed E-state index contributed by atoms with van der Waals surface area (Å²) in [6.45, 7) is 0. The van der Waals surface area contributed by atoms with Crippen LogP contribution in [0.15, 0.2) is 47.1 Å². The highest BCUT2D eigenvalue weighted by Gasteiger charge is 2.34. The Morgan fingerprint density at radius 3 is 2.79 bits per heavy atom. The molecule has 8 nitrogen and oxygen atoms in total. The smallest absolute Gasteiger partial charge is 0.252 e. The number of hydrogen-bond acceptors (Lipinski definition) is 6. The number of nitrogens with zero attached hydrogens (tertiary/aromatic N) is 3. The number of ketones is 1. The average Bonchev–Trinajstić information content (AvgIpc) is 3.31. The Bertz CT molecular complexity index is 1050. The average molecular weight is 474 g/mol. The fourth-order valence-corrected chi connectivity index (χ4v) is 4.30. The van der Waals surface area contributed by atoms with Gasteiger partial charge in [0.1, 0.15) is 5.37 Å². The Kier molecular flexibility index (Phi) is 5.63. The summed E-state index contributed by atoms with van der Waals surface area (Å²) in [7, 11) is 0. The van der Waals surface area contributed by atoms with Crippen LogP contribution < -0.4 is 5.43 Å². The van der Waals surface area contributed by atoms with Crippen LogP contribution in [-0.2, 0) is 9.59 Å². The van der Waals surface area contributed by atoms with Gasteiger partial charge < -0.3 is 4.98 Å². The van der Waals surface area contributed by atoms with Gasteiger partial charge in [-0.25, -0.2) is 15.0 Å². The summed E-state index contributed by atoms with van der Waals surface area (Å²) in [5, 5.41) is 1.04. The van der Waals surface area contributed by atoms with Gasteiger partial charge in [-0.3, -0.25) is 19.8 Å². The van der Waals surface area contributed by atoms with E-state index in [4.69, 9.17) is 0 Å². The van der Waals surface area contributed by atoms with Crippen molar-refractivity contribution >= 4 is 56.5 Å². The van der Waals surface area contributed by atoms with Gasteiger partial charge in [-0.1, -0.05) is 28.1 Å². The molecule has 2 N–H and O–H groups in total. The Morgan fingerprint density at radius 1 is 1.24 bits per heavy atom. The van der Waals surface area contributed by atoms with Crippen molar-refractivity contribution < 1.29 is 14.4 Å². The summed E-state index contributed by atoms with van der Waals surface area (Å²) in [5.74, 6) is -0.403. The molecule has 1 aromatic carbocycles. The molecule has 1 aliphatic heterocycles. The molecule has 3 heterocycles. The lowest BCUT2D eigenvalue weighted by atomic mass is 10.2. The summed E-state index contributed by atoms with van der Waals surface area (Å²) in [5.41, 5.74) is 4.67. The number of amides is 2. The van der Waals surface area contributed by atoms with Gasteiger partial charge in [-0.05, 0) is 29.8 Å². The third-order valence-corrected chi connectivity index (χ3v) is 6.11. The minimum Gasteiger partial charge on any atom is -0.334 e. The number of aromatic amines is 1. The van der Waals surface area contributed by atoms with Crippen molar-refractivity contribution in [3.63, 3.8) is 0 Å². The first kappa shape index (κ1) is 19.6. The quantitative estimate of drug-likeness (QED) is 0.532. The van der Waals surface area contributed by atoms with Crippen molar-refractivity contribution in [1.82, 2.24) is 25.4 Å². The number of carbonyl (C=O) groups is 3. The largest absolute Gasteiger partial charge is 0.334 e. The zero-order valence-electron chi connectivity index (χ0n) is 15.1. The van der Waals surface area contributed by atoms with Crippen LogP contribution >= 0.6 is 27.7 Å². The SMILES string of the molecule is O=C(CCC(=O)c1nc2ncccc2[nH]1)NN1C(=O)CSC1c1ccc(Br)cc1. The van der Waals surface area contributed by atoms with E-state index in [0.717, 1.165) is 10.0 Å². The molecule has 29 heavy (non-hydrogen) atoms. The van der Waals surface area contributed by atoms with E-state index in [1.165, 1.54) is 16.8 Å². The number of H-pyrrole nitrogens is 1. The first-order chi connectivity index (χ1) is 14.0. The van der Waals surface area contributed by atoms with Crippen LogP contribution in [0.4, 0.5) is 0 Å². The number of halogens is 1. The molecule has 4 rings (SSSR count). The molecule has 148 valence electrons. The Morgan fingerprint density at radius 2 is 2.03 bits per heavy atom. The van der Waals surface area contributed by atoms with Crippen LogP contribution in [0.5, 0.6) is 0 Å². The zero-order chi connectivity index (χ0) is 20.4. The molecule has 0 bridgehead atoms. The number of rotatable bonds is 6. The summed E-state index contributed by atoms with van der Waals surface area (Å²) in [6.07, 6.45) is 1.52. The fourth-order valence-electron chi connectivity index (χ4n) is 2.93. The fraction of sp³-hybridized carbons (Fsp3) is 0.211. The van der Waals surface area contributed by atoms with E-state index < -0.39 is 5.91 Å². The lowest BCUT2D eigenvalue weighted by molar-refractivity contribution is -0.139. The van der Waals surface area contributed by atoms with E-state index in [0.29, 0.717) is 11.2 Å². The maximum absolute atomic E-state index is 12.4. The van der Waals surface area contributed by atoms with Crippen LogP contribution in [0.25, 0.3) is 11.2 Å². The second kappa shape index (κ2) is 8.34. The number of hydrazine groups is 1. The second-order valence-electron chi connectivity index (χ2n) is 6.40. The molecule has 2 aromatic heterocycles. The third kappa shape index (κ3) is 4.33. The monoisotopic (exact) mass is 473 g/mol. The zero-order valence-corrected chi connectivity index (χ0v) is 17.5. The van der Waals surface area contributed by atoms with Crippen molar-refractivity contribution in [3.8, 4) is 0 Å². The van der Waals surface area contributed by atoms with Gasteiger partial charge >= 0.3 is 0 Å². The molecule has 1 saturated heterocycles. The number of thioether (sulfide) groups is 1. The lowest BCUT2D eigenvalue weighted by Crippen LogP contribution is -2.44. The molecule has 1 atom stereocenters. The Labute approximate surface area is 178 Å². The molecule has 0 saturated carbocycles. The molecule has 0 radical (unpaired) electrons. The van der Waals surface area contributed by atoms with E-state index in [-0.39, 0.29) is 41.5 Å². The lowest BCUT2D eigenvalue weighted by Gasteiger charge is -2.24. The molecule has 3 aromatic rings. The molecule has 0 aliphatic carbocycles. The Hall–Kier alpha value is -2.72. The topological polar surface area (TPSA) is 108 Å². The van der Waals surface area contributed by atoms with Gasteiger partial charge in [0, 0.05) is 23.5 Å². The first-order valence-electron chi connectivity index (χ1n) is 8.84. The second-order valence-corrected chi connectivity index (χ2v) is 8.38. The minimum atomic E-state index is -0.398. The maximum atomic E-state index is 12.4. The van der Waals surface area contributed by atoms with Gasteiger partial charge in [0.25, 0.3) is 5.91 Å². The molecule has 1 aliphatic rings. The van der Waals surface area contributed by atoms with Gasteiger partial charge in [0.15, 0.2) is 17.3 Å². The minimum absolute atomic E-state index is 0.0240. The van der Waals surface area contributed by atoms with Gasteiger partial charge in [0.05, 0.1) is 11.3 Å². The van der Waals surface area contributed by atoms with E-state index in [2.05, 4.69) is 36.3 Å². The molecule has 10 heteroatoms. The number of benzene rings is 1. The molecule has 2 amide bonds. The Balaban J connectivity index is 1.37. The van der Waals surface area contributed by atoms with Crippen LogP contribution in [0.3, 0.4) is 0 Å². The molecular weight excluding hydrogens is 458 g/mol. The van der Waals surface area contributed by atoms with Gasteiger partial charge in [-0.15, -0.1) is 11.8 Å². The van der Waals surface area contributed by atoms with Crippen LogP contribution in [0.2, 0.25) is 0 Å². The highest BCUT2D eigenvalue weighted by Crippen LogP contribution is 2.37. The summed E-state index contributed by atoms with van der Waals surface area (Å²) < 4.78 is 0.936. The van der Waals surface area contributed by atoms with E-state index in [9.17, 15) is 14.4 Å². The number of nitrogens with one attached hydrogen (secondary N) is 2. The number of carbonyl (C=O) groups excluding carboxylic acids is 3. The number of hydrogen-bond donors (Lipinski definition) is 2. The standard InChI is InChI=1S/C19H16BrN5O3S/c20-12-5-3-11(4-6-12)19-25(16(28)10-29-19)24-15(27)8-7-14(26)18-22-13-2-1-9-21-17(13)23-18/h1-6,9,19H,7-8,10H2,(H,24,27)(H,21,22,23). The van der Waals surface area contributed by atoms with Gasteiger partial charge in [-0.2, -0.15) is 0 Å². The summed E-state index contributed by atoms with van der Waals surface area (Å²) in [6, 6.07) is 11.1. The third-order valence-electron chi connectivity index (χ3n) is 4.37. The maximum Gasteiger partial charge on any atom is 0.252 e. The highest BCUT2D eigenvalue weighted by molar-refractivity contribution is 9.10. The van der Waals surface area contributed by atoms with Gasteiger partial charge in [0.2, 0.25) is 5.91 Å². The predicted octanol–water partition coefficient (Wildman–Crippen LogP) is 2.99. The van der Waals surface area contributed by atoms with Crippen molar-refractivity contribution in [1.29, 1.82) is 0 Å². The van der Waals surface area contributed by atoms with E-state index in [1.54, 1.807) is 18.3 Å². The normalized spacial score (nSPS) is 16.4.